The number of carbonyl (C=O) groups excluding carboxylic acids is 1. The maximum Gasteiger partial charge on any atom is 0.419 e. The predicted molar refractivity (Wildman–Crippen MR) is 46.0 cm³/mol. The molecular formula is C9H5ClF4O. The molecule has 1 aromatic rings. The van der Waals surface area contributed by atoms with Crippen molar-refractivity contribution in [1.82, 2.24) is 0 Å². The quantitative estimate of drug-likeness (QED) is 0.573. The Hall–Kier alpha value is -1.10. The van der Waals surface area contributed by atoms with Crippen molar-refractivity contribution >= 4 is 16.8 Å². The second kappa shape index (κ2) is 4.18. The molecule has 0 aromatic heterocycles. The zero-order valence-electron chi connectivity index (χ0n) is 7.24. The largest absolute Gasteiger partial charge is 0.419 e. The smallest absolute Gasteiger partial charge is 0.281 e. The molecule has 0 saturated carbocycles. The average molecular weight is 241 g/mol. The average Bonchev–Trinajstić information content (AvgIpc) is 2.05. The van der Waals surface area contributed by atoms with E-state index in [0.717, 1.165) is 6.07 Å². The second-order valence-electron chi connectivity index (χ2n) is 2.84. The van der Waals surface area contributed by atoms with E-state index >= 15 is 0 Å². The van der Waals surface area contributed by atoms with E-state index in [4.69, 9.17) is 11.6 Å². The summed E-state index contributed by atoms with van der Waals surface area (Å²) >= 11 is 5.00. The molecule has 0 radical (unpaired) electrons. The van der Waals surface area contributed by atoms with Crippen molar-refractivity contribution in [3.63, 3.8) is 0 Å². The summed E-state index contributed by atoms with van der Waals surface area (Å²) in [5.41, 5.74) is -1.36. The topological polar surface area (TPSA) is 17.1 Å². The van der Waals surface area contributed by atoms with Crippen LogP contribution in [0.4, 0.5) is 17.6 Å². The highest BCUT2D eigenvalue weighted by molar-refractivity contribution is 6.63. The summed E-state index contributed by atoms with van der Waals surface area (Å²) in [5, 5.41) is -0.797. The maximum absolute atomic E-state index is 12.8. The van der Waals surface area contributed by atoms with Crippen molar-refractivity contribution in [2.24, 2.45) is 0 Å². The molecule has 0 saturated heterocycles. The molecule has 0 aliphatic heterocycles. The molecule has 1 rings (SSSR count). The van der Waals surface area contributed by atoms with Gasteiger partial charge in [0.25, 0.3) is 0 Å². The van der Waals surface area contributed by atoms with E-state index in [1.165, 1.54) is 0 Å². The van der Waals surface area contributed by atoms with Crippen molar-refractivity contribution in [2.45, 2.75) is 12.6 Å². The molecule has 0 heterocycles. The third kappa shape index (κ3) is 3.20. The lowest BCUT2D eigenvalue weighted by Gasteiger charge is -2.08. The molecule has 0 amide bonds. The van der Waals surface area contributed by atoms with Gasteiger partial charge in [-0.2, -0.15) is 13.2 Å². The van der Waals surface area contributed by atoms with E-state index in [1.54, 1.807) is 0 Å². The van der Waals surface area contributed by atoms with Gasteiger partial charge in [0.15, 0.2) is 0 Å². The van der Waals surface area contributed by atoms with Gasteiger partial charge in [0.2, 0.25) is 5.24 Å². The van der Waals surface area contributed by atoms with Gasteiger partial charge in [0, 0.05) is 6.42 Å². The highest BCUT2D eigenvalue weighted by atomic mass is 35.5. The molecule has 6 heteroatoms. The van der Waals surface area contributed by atoms with Crippen molar-refractivity contribution < 1.29 is 22.4 Å². The van der Waals surface area contributed by atoms with Crippen LogP contribution in [0.15, 0.2) is 18.2 Å². The molecule has 0 unspecified atom stereocenters. The molecule has 0 atom stereocenters. The van der Waals surface area contributed by atoms with Crippen LogP contribution in [-0.2, 0) is 17.4 Å². The molecule has 1 aromatic carbocycles. The Morgan fingerprint density at radius 3 is 2.40 bits per heavy atom. The number of halogens is 5. The number of hydrogen-bond acceptors (Lipinski definition) is 1. The molecular weight excluding hydrogens is 236 g/mol. The Morgan fingerprint density at radius 2 is 1.93 bits per heavy atom. The Morgan fingerprint density at radius 1 is 1.33 bits per heavy atom. The van der Waals surface area contributed by atoms with Gasteiger partial charge in [-0.1, -0.05) is 6.07 Å². The summed E-state index contributed by atoms with van der Waals surface area (Å²) in [7, 11) is 0. The van der Waals surface area contributed by atoms with Gasteiger partial charge in [-0.25, -0.2) is 4.39 Å². The highest BCUT2D eigenvalue weighted by Crippen LogP contribution is 2.31. The van der Waals surface area contributed by atoms with Crippen LogP contribution in [0.1, 0.15) is 11.1 Å². The van der Waals surface area contributed by atoms with Crippen LogP contribution in [0.2, 0.25) is 0 Å². The molecule has 0 bridgehead atoms. The van der Waals surface area contributed by atoms with Gasteiger partial charge in [0.1, 0.15) is 5.82 Å². The summed E-state index contributed by atoms with van der Waals surface area (Å²) in [6.07, 6.45) is -5.12. The number of carbonyl (C=O) groups is 1. The van der Waals surface area contributed by atoms with E-state index in [-0.39, 0.29) is 12.0 Å². The normalized spacial score (nSPS) is 11.5. The molecule has 0 fully saturated rings. The Balaban J connectivity index is 3.11. The Kier molecular flexibility index (Phi) is 3.34. The standard InChI is InChI=1S/C9H5ClF4O/c10-8(15)4-5-1-2-7(11)6(3-5)9(12,13)14/h1-3H,4H2. The van der Waals surface area contributed by atoms with Gasteiger partial charge < -0.3 is 0 Å². The monoisotopic (exact) mass is 240 g/mol. The van der Waals surface area contributed by atoms with Crippen LogP contribution in [0.25, 0.3) is 0 Å². The van der Waals surface area contributed by atoms with Crippen LogP contribution in [-0.4, -0.2) is 5.24 Å². The fraction of sp³-hybridized carbons (Fsp3) is 0.222. The predicted octanol–water partition coefficient (Wildman–Crippen LogP) is 3.15. The third-order valence-corrected chi connectivity index (χ3v) is 1.81. The molecule has 0 aliphatic carbocycles. The van der Waals surface area contributed by atoms with Gasteiger partial charge in [-0.15, -0.1) is 0 Å². The van der Waals surface area contributed by atoms with Gasteiger partial charge in [-0.05, 0) is 29.3 Å². The van der Waals surface area contributed by atoms with E-state index in [2.05, 4.69) is 0 Å². The summed E-state index contributed by atoms with van der Waals surface area (Å²) in [6.45, 7) is 0. The van der Waals surface area contributed by atoms with E-state index < -0.39 is 22.8 Å². The van der Waals surface area contributed by atoms with Crippen molar-refractivity contribution in [1.29, 1.82) is 0 Å². The third-order valence-electron chi connectivity index (χ3n) is 1.68. The first-order valence-corrected chi connectivity index (χ1v) is 4.22. The maximum atomic E-state index is 12.8. The lowest BCUT2D eigenvalue weighted by Crippen LogP contribution is -2.09. The molecule has 0 N–H and O–H groups in total. The summed E-state index contributed by atoms with van der Waals surface area (Å²) < 4.78 is 49.4. The lowest BCUT2D eigenvalue weighted by atomic mass is 10.1. The minimum Gasteiger partial charge on any atom is -0.281 e. The van der Waals surface area contributed by atoms with Gasteiger partial charge in [-0.3, -0.25) is 4.79 Å². The number of hydrogen-bond donors (Lipinski definition) is 0. The molecule has 0 aliphatic rings. The van der Waals surface area contributed by atoms with E-state index in [9.17, 15) is 22.4 Å². The van der Waals surface area contributed by atoms with Crippen LogP contribution in [0.3, 0.4) is 0 Å². The molecule has 0 spiro atoms. The molecule has 82 valence electrons. The summed E-state index contributed by atoms with van der Waals surface area (Å²) in [4.78, 5) is 10.4. The van der Waals surface area contributed by atoms with Crippen molar-refractivity contribution in [3.8, 4) is 0 Å². The van der Waals surface area contributed by atoms with Crippen LogP contribution in [0.5, 0.6) is 0 Å². The summed E-state index contributed by atoms with van der Waals surface area (Å²) in [6, 6.07) is 2.33. The van der Waals surface area contributed by atoms with Gasteiger partial charge in [0.05, 0.1) is 5.56 Å². The first-order chi connectivity index (χ1) is 6.80. The Bertz CT molecular complexity index is 386. The minimum atomic E-state index is -4.77. The molecule has 15 heavy (non-hydrogen) atoms. The fourth-order valence-electron chi connectivity index (χ4n) is 1.06. The fourth-order valence-corrected chi connectivity index (χ4v) is 1.21. The Labute approximate surface area is 87.7 Å². The van der Waals surface area contributed by atoms with Gasteiger partial charge >= 0.3 is 6.18 Å². The number of benzene rings is 1. The first-order valence-electron chi connectivity index (χ1n) is 3.84. The molecule has 1 nitrogen and oxygen atoms in total. The second-order valence-corrected chi connectivity index (χ2v) is 3.27. The lowest BCUT2D eigenvalue weighted by molar-refractivity contribution is -0.140. The summed E-state index contributed by atoms with van der Waals surface area (Å²) in [5.74, 6) is -1.37. The SMILES string of the molecule is O=C(Cl)Cc1ccc(F)c(C(F)(F)F)c1. The number of alkyl halides is 3. The van der Waals surface area contributed by atoms with Crippen molar-refractivity contribution in [2.75, 3.05) is 0 Å². The zero-order valence-corrected chi connectivity index (χ0v) is 7.99. The number of rotatable bonds is 2. The highest BCUT2D eigenvalue weighted by Gasteiger charge is 2.34. The zero-order chi connectivity index (χ0) is 11.6. The van der Waals surface area contributed by atoms with Crippen LogP contribution in [0, 0.1) is 5.82 Å². The van der Waals surface area contributed by atoms with Crippen LogP contribution < -0.4 is 0 Å². The van der Waals surface area contributed by atoms with E-state index in [1.807, 2.05) is 0 Å². The van der Waals surface area contributed by atoms with E-state index in [0.29, 0.717) is 12.1 Å². The first kappa shape index (κ1) is 12.0. The van der Waals surface area contributed by atoms with Crippen LogP contribution >= 0.6 is 11.6 Å². The minimum absolute atomic E-state index is 0.0312. The van der Waals surface area contributed by atoms with Crippen molar-refractivity contribution in [3.05, 3.63) is 35.1 Å².